The highest BCUT2D eigenvalue weighted by molar-refractivity contribution is 7.92. The molecule has 238 valence electrons. The molecule has 3 atom stereocenters. The van der Waals surface area contributed by atoms with Gasteiger partial charge >= 0.3 is 0 Å². The molecule has 11 nitrogen and oxygen atoms in total. The maximum Gasteiger partial charge on any atom is 0.261 e. The summed E-state index contributed by atoms with van der Waals surface area (Å²) in [6.07, 6.45) is -0.797. The summed E-state index contributed by atoms with van der Waals surface area (Å²) in [5.74, 6) is 0.240. The molecule has 1 aliphatic rings. The van der Waals surface area contributed by atoms with Crippen molar-refractivity contribution in [2.75, 3.05) is 38.6 Å². The van der Waals surface area contributed by atoms with Crippen molar-refractivity contribution in [2.45, 2.75) is 49.1 Å². The minimum atomic E-state index is -3.96. The summed E-state index contributed by atoms with van der Waals surface area (Å²) in [6.45, 7) is 5.41. The zero-order valence-electron chi connectivity index (χ0n) is 25.4. The fourth-order valence-electron chi connectivity index (χ4n) is 4.92. The van der Waals surface area contributed by atoms with E-state index >= 15 is 0 Å². The zero-order chi connectivity index (χ0) is 32.2. The number of aryl methyl sites for hydroxylation is 1. The van der Waals surface area contributed by atoms with Crippen LogP contribution in [0.15, 0.2) is 76.5 Å². The van der Waals surface area contributed by atoms with E-state index in [0.29, 0.717) is 17.1 Å². The van der Waals surface area contributed by atoms with Crippen molar-refractivity contribution in [1.82, 2.24) is 9.21 Å². The van der Waals surface area contributed by atoms with E-state index in [1.807, 2.05) is 13.8 Å². The van der Waals surface area contributed by atoms with Crippen LogP contribution in [0.1, 0.15) is 25.0 Å². The van der Waals surface area contributed by atoms with E-state index in [2.05, 4.69) is 4.72 Å². The van der Waals surface area contributed by atoms with Gasteiger partial charge in [0, 0.05) is 30.8 Å². The maximum atomic E-state index is 13.5. The molecule has 0 aliphatic carbocycles. The lowest BCUT2D eigenvalue weighted by Gasteiger charge is -2.33. The molecule has 0 unspecified atom stereocenters. The molecule has 0 bridgehead atoms. The number of nitrogens with zero attached hydrogens (tertiary/aromatic N) is 2. The van der Waals surface area contributed by atoms with Crippen LogP contribution in [-0.4, -0.2) is 83.1 Å². The van der Waals surface area contributed by atoms with Gasteiger partial charge in [0.05, 0.1) is 42.5 Å². The number of carbonyl (C=O) groups excluding carboxylic acids is 1. The largest absolute Gasteiger partial charge is 0.497 e. The van der Waals surface area contributed by atoms with Gasteiger partial charge in [-0.15, -0.1) is 0 Å². The molecule has 0 spiro atoms. The molecule has 0 saturated heterocycles. The Morgan fingerprint density at radius 1 is 1.05 bits per heavy atom. The number of hydrogen-bond acceptors (Lipinski definition) is 8. The summed E-state index contributed by atoms with van der Waals surface area (Å²) in [6, 6.07) is 16.7. The van der Waals surface area contributed by atoms with Crippen LogP contribution in [0, 0.1) is 12.8 Å². The van der Waals surface area contributed by atoms with Crippen LogP contribution in [0.5, 0.6) is 11.5 Å². The first-order chi connectivity index (χ1) is 20.7. The molecule has 13 heteroatoms. The van der Waals surface area contributed by atoms with Crippen molar-refractivity contribution >= 4 is 31.6 Å². The number of carbonyl (C=O) groups is 1. The third-order valence-corrected chi connectivity index (χ3v) is 10.9. The molecule has 3 aromatic carbocycles. The quantitative estimate of drug-likeness (QED) is 0.342. The van der Waals surface area contributed by atoms with E-state index in [1.165, 1.54) is 42.7 Å². The van der Waals surface area contributed by atoms with Crippen molar-refractivity contribution < 1.29 is 36.2 Å². The minimum absolute atomic E-state index is 0.0157. The number of fused-ring (bicyclic) bond motifs is 1. The van der Waals surface area contributed by atoms with Crippen LogP contribution in [0.2, 0.25) is 0 Å². The molecular formula is C31H39N3O8S2. The Morgan fingerprint density at radius 3 is 2.30 bits per heavy atom. The van der Waals surface area contributed by atoms with Gasteiger partial charge in [-0.1, -0.05) is 24.6 Å². The van der Waals surface area contributed by atoms with Crippen LogP contribution in [0.3, 0.4) is 0 Å². The number of amides is 1. The molecule has 1 heterocycles. The molecule has 0 aromatic heterocycles. The fraction of sp³-hybridized carbons (Fsp3) is 0.387. The number of methoxy groups -OCH3 is 1. The summed E-state index contributed by atoms with van der Waals surface area (Å²) < 4.78 is 68.3. The number of anilines is 1. The lowest BCUT2D eigenvalue weighted by atomic mass is 10.0. The van der Waals surface area contributed by atoms with Gasteiger partial charge in [0.25, 0.3) is 10.0 Å². The van der Waals surface area contributed by atoms with Crippen molar-refractivity contribution in [2.24, 2.45) is 5.92 Å². The summed E-state index contributed by atoms with van der Waals surface area (Å²) in [4.78, 5) is 15.2. The second-order valence-corrected chi connectivity index (χ2v) is 14.8. The van der Waals surface area contributed by atoms with Gasteiger partial charge in [0.1, 0.15) is 17.6 Å². The van der Waals surface area contributed by atoms with E-state index in [9.17, 15) is 26.7 Å². The number of sulfonamides is 2. The molecule has 0 fully saturated rings. The number of aliphatic hydroxyl groups is 1. The first kappa shape index (κ1) is 33.2. The minimum Gasteiger partial charge on any atom is -0.497 e. The van der Waals surface area contributed by atoms with Gasteiger partial charge in [-0.05, 0) is 68.4 Å². The Labute approximate surface area is 259 Å². The maximum absolute atomic E-state index is 13.5. The number of ether oxygens (including phenoxy) is 2. The standard InChI is InChI=1S/C31H39N3O8S2/c1-21-6-11-28(12-7-21)44(39,40)33(4)19-30-22(2)18-34(23(3)20-35)31(36)17-24-16-25(8-15-29(24)42-30)32-43(37,38)27-13-9-26(41-5)10-14-27/h6-16,22-23,30,32,35H,17-20H2,1-5H3/t22-,23-,30+/m0/s1. The zero-order valence-corrected chi connectivity index (χ0v) is 27.1. The van der Waals surface area contributed by atoms with Gasteiger partial charge < -0.3 is 19.5 Å². The van der Waals surface area contributed by atoms with Crippen LogP contribution >= 0.6 is 0 Å². The highest BCUT2D eigenvalue weighted by Crippen LogP contribution is 2.31. The number of benzene rings is 3. The van der Waals surface area contributed by atoms with E-state index in [-0.39, 0.29) is 53.4 Å². The van der Waals surface area contributed by atoms with Crippen molar-refractivity contribution in [3.63, 3.8) is 0 Å². The predicted octanol–water partition coefficient (Wildman–Crippen LogP) is 3.27. The topological polar surface area (TPSA) is 143 Å². The Morgan fingerprint density at radius 2 is 1.68 bits per heavy atom. The highest BCUT2D eigenvalue weighted by atomic mass is 32.2. The molecule has 4 rings (SSSR count). The highest BCUT2D eigenvalue weighted by Gasteiger charge is 2.33. The lowest BCUT2D eigenvalue weighted by molar-refractivity contribution is -0.134. The van der Waals surface area contributed by atoms with Gasteiger partial charge in [-0.3, -0.25) is 9.52 Å². The van der Waals surface area contributed by atoms with Gasteiger partial charge in [-0.25, -0.2) is 16.8 Å². The SMILES string of the molecule is COc1ccc(S(=O)(=O)Nc2ccc3c(c2)CC(=O)N([C@@H](C)CO)C[C@H](C)[C@@H](CN(C)S(=O)(=O)c2ccc(C)cc2)O3)cc1. The smallest absolute Gasteiger partial charge is 0.261 e. The molecule has 2 N–H and O–H groups in total. The van der Waals surface area contributed by atoms with Crippen molar-refractivity contribution in [1.29, 1.82) is 0 Å². The van der Waals surface area contributed by atoms with Gasteiger partial charge in [0.15, 0.2) is 0 Å². The normalized spacial score (nSPS) is 18.4. The molecule has 1 amide bonds. The van der Waals surface area contributed by atoms with E-state index in [4.69, 9.17) is 9.47 Å². The van der Waals surface area contributed by atoms with Crippen molar-refractivity contribution in [3.8, 4) is 11.5 Å². The third-order valence-electron chi connectivity index (χ3n) is 7.70. The molecule has 3 aromatic rings. The summed E-state index contributed by atoms with van der Waals surface area (Å²) in [7, 11) is -4.83. The first-order valence-corrected chi connectivity index (χ1v) is 17.1. The second-order valence-electron chi connectivity index (χ2n) is 11.1. The van der Waals surface area contributed by atoms with E-state index < -0.39 is 32.2 Å². The lowest BCUT2D eigenvalue weighted by Crippen LogP contribution is -2.48. The summed E-state index contributed by atoms with van der Waals surface area (Å²) in [5.41, 5.74) is 1.58. The van der Waals surface area contributed by atoms with Crippen molar-refractivity contribution in [3.05, 3.63) is 77.9 Å². The van der Waals surface area contributed by atoms with E-state index in [1.54, 1.807) is 54.3 Å². The van der Waals surface area contributed by atoms with Gasteiger partial charge in [-0.2, -0.15) is 4.31 Å². The Hall–Kier alpha value is -3.65. The second kappa shape index (κ2) is 13.6. The Balaban J connectivity index is 1.67. The Bertz CT molecular complexity index is 1680. The number of rotatable bonds is 10. The van der Waals surface area contributed by atoms with Crippen LogP contribution in [-0.2, 0) is 31.3 Å². The number of aliphatic hydroxyl groups excluding tert-OH is 1. The first-order valence-electron chi connectivity index (χ1n) is 14.1. The predicted molar refractivity (Wildman–Crippen MR) is 167 cm³/mol. The molecule has 44 heavy (non-hydrogen) atoms. The molecule has 0 radical (unpaired) electrons. The van der Waals surface area contributed by atoms with Crippen LogP contribution < -0.4 is 14.2 Å². The monoisotopic (exact) mass is 645 g/mol. The molecule has 0 saturated carbocycles. The van der Waals surface area contributed by atoms with Gasteiger partial charge in [0.2, 0.25) is 15.9 Å². The van der Waals surface area contributed by atoms with Crippen LogP contribution in [0.4, 0.5) is 5.69 Å². The van der Waals surface area contributed by atoms with Crippen LogP contribution in [0.25, 0.3) is 0 Å². The molecular weight excluding hydrogens is 606 g/mol. The average molecular weight is 646 g/mol. The molecule has 1 aliphatic heterocycles. The average Bonchev–Trinajstić information content (AvgIpc) is 3.04. The third kappa shape index (κ3) is 7.52. The number of likely N-dealkylation sites (N-methyl/N-ethyl adjacent to an activating group) is 1. The van der Waals surface area contributed by atoms with E-state index in [0.717, 1.165) is 5.56 Å². The summed E-state index contributed by atoms with van der Waals surface area (Å²) >= 11 is 0. The summed E-state index contributed by atoms with van der Waals surface area (Å²) in [5, 5.41) is 9.90. The number of hydrogen-bond donors (Lipinski definition) is 2. The Kier molecular flexibility index (Phi) is 10.2. The fourth-order valence-corrected chi connectivity index (χ4v) is 7.15. The number of nitrogens with one attached hydrogen (secondary N) is 1.